The van der Waals surface area contributed by atoms with Crippen LogP contribution in [0.3, 0.4) is 0 Å². The first kappa shape index (κ1) is 13.3. The first-order valence-corrected chi connectivity index (χ1v) is 5.86. The van der Waals surface area contributed by atoms with E-state index in [-0.39, 0.29) is 31.6 Å². The number of hydrogen-bond acceptors (Lipinski definition) is 4. The number of aryl methyl sites for hydroxylation is 1. The van der Waals surface area contributed by atoms with Gasteiger partial charge in [0.15, 0.2) is 0 Å². The van der Waals surface area contributed by atoms with E-state index < -0.39 is 0 Å². The fourth-order valence-corrected chi connectivity index (χ4v) is 1.85. The molecule has 1 aliphatic rings. The Hall–Kier alpha value is -2.16. The molecule has 5 nitrogen and oxygen atoms in total. The fraction of sp³-hybridized carbons (Fsp3) is 0.286. The third kappa shape index (κ3) is 2.81. The summed E-state index contributed by atoms with van der Waals surface area (Å²) < 4.78 is 4.89. The number of hydrogen-bond donors (Lipinski definition) is 1. The molecule has 0 aliphatic carbocycles. The van der Waals surface area contributed by atoms with Crippen molar-refractivity contribution in [3.8, 4) is 11.8 Å². The fourth-order valence-electron chi connectivity index (χ4n) is 1.85. The van der Waals surface area contributed by atoms with Gasteiger partial charge in [-0.05, 0) is 24.6 Å². The predicted octanol–water partition coefficient (Wildman–Crippen LogP) is 0.195. The second kappa shape index (κ2) is 5.65. The van der Waals surface area contributed by atoms with Crippen LogP contribution < -0.4 is 10.6 Å². The van der Waals surface area contributed by atoms with Gasteiger partial charge in [-0.1, -0.05) is 17.9 Å². The Balaban J connectivity index is 2.48. The van der Waals surface area contributed by atoms with Gasteiger partial charge >= 0.3 is 0 Å². The minimum absolute atomic E-state index is 0.0939. The molecule has 1 saturated heterocycles. The molecule has 1 aromatic carbocycles. The highest BCUT2D eigenvalue weighted by atomic mass is 16.5. The topological polar surface area (TPSA) is 72.6 Å². The van der Waals surface area contributed by atoms with E-state index in [0.29, 0.717) is 11.3 Å². The lowest BCUT2D eigenvalue weighted by Gasteiger charge is -2.26. The number of anilines is 1. The smallest absolute Gasteiger partial charge is 0.259 e. The number of morpholine rings is 1. The molecule has 1 fully saturated rings. The number of ether oxygens (including phenoxy) is 1. The number of amides is 2. The lowest BCUT2D eigenvalue weighted by Crippen LogP contribution is -2.46. The molecule has 0 unspecified atom stereocenters. The summed E-state index contributed by atoms with van der Waals surface area (Å²) in [7, 11) is 0. The van der Waals surface area contributed by atoms with Crippen molar-refractivity contribution in [3.05, 3.63) is 29.3 Å². The Morgan fingerprint density at radius 2 is 2.00 bits per heavy atom. The summed E-state index contributed by atoms with van der Waals surface area (Å²) in [6.07, 6.45) is 0. The highest BCUT2D eigenvalue weighted by Gasteiger charge is 2.29. The lowest BCUT2D eigenvalue weighted by atomic mass is 10.1. The van der Waals surface area contributed by atoms with Crippen LogP contribution in [0.25, 0.3) is 0 Å². The number of carbonyl (C=O) groups excluding carboxylic acids is 2. The van der Waals surface area contributed by atoms with Crippen LogP contribution in [-0.4, -0.2) is 31.6 Å². The molecule has 1 aliphatic heterocycles. The molecule has 1 heterocycles. The summed E-state index contributed by atoms with van der Waals surface area (Å²) in [5.41, 5.74) is 7.46. The van der Waals surface area contributed by atoms with E-state index in [2.05, 4.69) is 11.8 Å². The third-order valence-electron chi connectivity index (χ3n) is 2.67. The molecule has 19 heavy (non-hydrogen) atoms. The van der Waals surface area contributed by atoms with Crippen molar-refractivity contribution in [2.45, 2.75) is 6.92 Å². The van der Waals surface area contributed by atoms with Gasteiger partial charge < -0.3 is 10.5 Å². The van der Waals surface area contributed by atoms with E-state index in [1.807, 2.05) is 19.1 Å². The molecule has 5 heteroatoms. The molecule has 2 rings (SSSR count). The predicted molar refractivity (Wildman–Crippen MR) is 70.4 cm³/mol. The zero-order chi connectivity index (χ0) is 13.8. The van der Waals surface area contributed by atoms with E-state index in [1.165, 1.54) is 0 Å². The van der Waals surface area contributed by atoms with Crippen molar-refractivity contribution in [1.82, 2.24) is 0 Å². The standard InChI is InChI=1S/C14H14N2O3/c1-10-4-5-12(11(7-10)3-2-6-15)16-13(17)8-19-9-14(16)18/h4-5,7H,6,8-9,15H2,1H3. The number of benzene rings is 1. The summed E-state index contributed by atoms with van der Waals surface area (Å²) in [5.74, 6) is 4.87. The van der Waals surface area contributed by atoms with Gasteiger partial charge in [-0.15, -0.1) is 0 Å². The molecule has 2 amide bonds. The van der Waals surface area contributed by atoms with E-state index in [9.17, 15) is 9.59 Å². The van der Waals surface area contributed by atoms with Crippen molar-refractivity contribution in [1.29, 1.82) is 0 Å². The Morgan fingerprint density at radius 3 is 2.63 bits per heavy atom. The zero-order valence-electron chi connectivity index (χ0n) is 10.6. The van der Waals surface area contributed by atoms with Crippen LogP contribution in [-0.2, 0) is 14.3 Å². The van der Waals surface area contributed by atoms with E-state index in [4.69, 9.17) is 10.5 Å². The molecule has 0 saturated carbocycles. The summed E-state index contributed by atoms with van der Waals surface area (Å²) >= 11 is 0. The molecule has 0 aromatic heterocycles. The maximum Gasteiger partial charge on any atom is 0.259 e. The molecule has 2 N–H and O–H groups in total. The average molecular weight is 258 g/mol. The molecule has 0 atom stereocenters. The quantitative estimate of drug-likeness (QED) is 0.576. The maximum absolute atomic E-state index is 11.8. The van der Waals surface area contributed by atoms with Crippen molar-refractivity contribution >= 4 is 17.5 Å². The number of imide groups is 1. The molecule has 0 radical (unpaired) electrons. The van der Waals surface area contributed by atoms with E-state index in [1.54, 1.807) is 6.07 Å². The van der Waals surface area contributed by atoms with Gasteiger partial charge in [0.1, 0.15) is 13.2 Å². The van der Waals surface area contributed by atoms with E-state index >= 15 is 0 Å². The van der Waals surface area contributed by atoms with Crippen LogP contribution in [0, 0.1) is 18.8 Å². The maximum atomic E-state index is 11.8. The van der Waals surface area contributed by atoms with Gasteiger partial charge in [-0.25, -0.2) is 4.90 Å². The first-order chi connectivity index (χ1) is 9.13. The highest BCUT2D eigenvalue weighted by Crippen LogP contribution is 2.23. The van der Waals surface area contributed by atoms with Crippen molar-refractivity contribution < 1.29 is 14.3 Å². The molecule has 1 aromatic rings. The van der Waals surface area contributed by atoms with E-state index in [0.717, 1.165) is 10.5 Å². The highest BCUT2D eigenvalue weighted by molar-refractivity contribution is 6.17. The summed E-state index contributed by atoms with van der Waals surface area (Å²) in [6, 6.07) is 5.38. The molecular weight excluding hydrogens is 244 g/mol. The number of nitrogens with two attached hydrogens (primary N) is 1. The van der Waals surface area contributed by atoms with Gasteiger partial charge in [0.05, 0.1) is 12.2 Å². The molecule has 0 bridgehead atoms. The lowest BCUT2D eigenvalue weighted by molar-refractivity contribution is -0.138. The van der Waals surface area contributed by atoms with Gasteiger partial charge in [0.25, 0.3) is 11.8 Å². The Kier molecular flexibility index (Phi) is 3.95. The normalized spacial score (nSPS) is 15.2. The zero-order valence-corrected chi connectivity index (χ0v) is 10.6. The van der Waals surface area contributed by atoms with Crippen LogP contribution in [0.5, 0.6) is 0 Å². The van der Waals surface area contributed by atoms with Crippen LogP contribution in [0.2, 0.25) is 0 Å². The van der Waals surface area contributed by atoms with Gasteiger partial charge in [-0.2, -0.15) is 0 Å². The van der Waals surface area contributed by atoms with Crippen LogP contribution in [0.1, 0.15) is 11.1 Å². The first-order valence-electron chi connectivity index (χ1n) is 5.86. The minimum Gasteiger partial charge on any atom is -0.362 e. The molecule has 98 valence electrons. The van der Waals surface area contributed by atoms with Gasteiger partial charge in [-0.3, -0.25) is 9.59 Å². The SMILES string of the molecule is Cc1ccc(N2C(=O)COCC2=O)c(C#CCN)c1. The summed E-state index contributed by atoms with van der Waals surface area (Å²) in [6.45, 7) is 1.95. The minimum atomic E-state index is -0.379. The Morgan fingerprint density at radius 1 is 1.32 bits per heavy atom. The van der Waals surface area contributed by atoms with Crippen molar-refractivity contribution in [2.24, 2.45) is 5.73 Å². The monoisotopic (exact) mass is 258 g/mol. The molecular formula is C14H14N2O3. The van der Waals surface area contributed by atoms with Gasteiger partial charge in [0, 0.05) is 5.56 Å². The number of rotatable bonds is 1. The second-order valence-electron chi connectivity index (χ2n) is 4.14. The average Bonchev–Trinajstić information content (AvgIpc) is 2.38. The van der Waals surface area contributed by atoms with Crippen LogP contribution in [0.4, 0.5) is 5.69 Å². The van der Waals surface area contributed by atoms with Crippen molar-refractivity contribution in [2.75, 3.05) is 24.7 Å². The van der Waals surface area contributed by atoms with Gasteiger partial charge in [0.2, 0.25) is 0 Å². The number of nitrogens with zero attached hydrogens (tertiary/aromatic N) is 1. The van der Waals surface area contributed by atoms with Crippen LogP contribution >= 0.6 is 0 Å². The largest absolute Gasteiger partial charge is 0.362 e. The number of carbonyl (C=O) groups is 2. The van der Waals surface area contributed by atoms with Crippen molar-refractivity contribution in [3.63, 3.8) is 0 Å². The van der Waals surface area contributed by atoms with Crippen LogP contribution in [0.15, 0.2) is 18.2 Å². The Bertz CT molecular complexity index is 568. The Labute approximate surface area is 111 Å². The second-order valence-corrected chi connectivity index (χ2v) is 4.14. The third-order valence-corrected chi connectivity index (χ3v) is 2.67. The summed E-state index contributed by atoms with van der Waals surface area (Å²) in [5, 5.41) is 0. The molecule has 0 spiro atoms. The summed E-state index contributed by atoms with van der Waals surface area (Å²) in [4.78, 5) is 24.8.